The van der Waals surface area contributed by atoms with Crippen molar-refractivity contribution in [1.82, 2.24) is 4.90 Å². The lowest BCUT2D eigenvalue weighted by atomic mass is 9.96. The van der Waals surface area contributed by atoms with Crippen LogP contribution in [-0.2, 0) is 0 Å². The second kappa shape index (κ2) is 6.91. The van der Waals surface area contributed by atoms with Crippen molar-refractivity contribution in [3.8, 4) is 6.07 Å². The Morgan fingerprint density at radius 2 is 1.94 bits per heavy atom. The highest BCUT2D eigenvalue weighted by molar-refractivity contribution is 4.87. The van der Waals surface area contributed by atoms with Crippen LogP contribution in [0.2, 0.25) is 0 Å². The summed E-state index contributed by atoms with van der Waals surface area (Å²) in [4.78, 5) is 2.34. The molecule has 0 spiro atoms. The lowest BCUT2D eigenvalue weighted by molar-refractivity contribution is 0.253. The molecule has 2 nitrogen and oxygen atoms in total. The topological polar surface area (TPSA) is 27.0 Å². The van der Waals surface area contributed by atoms with E-state index in [-0.39, 0.29) is 5.92 Å². The number of rotatable bonds is 6. The number of nitrogens with zero attached hydrogens (tertiary/aromatic N) is 2. The molecule has 0 N–H and O–H groups in total. The fourth-order valence-corrected chi connectivity index (χ4v) is 2.53. The van der Waals surface area contributed by atoms with E-state index in [0.717, 1.165) is 19.0 Å². The van der Waals surface area contributed by atoms with Gasteiger partial charge in [-0.25, -0.2) is 0 Å². The molecule has 0 amide bonds. The molecule has 1 fully saturated rings. The van der Waals surface area contributed by atoms with E-state index in [4.69, 9.17) is 5.26 Å². The first-order valence-electron chi connectivity index (χ1n) is 6.71. The highest BCUT2D eigenvalue weighted by Crippen LogP contribution is 2.27. The molecule has 0 heterocycles. The molecule has 0 radical (unpaired) electrons. The van der Waals surface area contributed by atoms with Gasteiger partial charge >= 0.3 is 0 Å². The fourth-order valence-electron chi connectivity index (χ4n) is 2.53. The van der Waals surface area contributed by atoms with Crippen molar-refractivity contribution in [3.63, 3.8) is 0 Å². The van der Waals surface area contributed by atoms with Crippen LogP contribution < -0.4 is 0 Å². The molecule has 1 unspecified atom stereocenters. The predicted molar refractivity (Wildman–Crippen MR) is 68.0 cm³/mol. The van der Waals surface area contributed by atoms with Gasteiger partial charge < -0.3 is 4.90 Å². The van der Waals surface area contributed by atoms with Crippen molar-refractivity contribution < 1.29 is 0 Å². The minimum atomic E-state index is 0.188. The molecule has 0 aliphatic heterocycles. The molecule has 0 bridgehead atoms. The van der Waals surface area contributed by atoms with E-state index >= 15 is 0 Å². The van der Waals surface area contributed by atoms with E-state index < -0.39 is 0 Å². The van der Waals surface area contributed by atoms with Crippen LogP contribution in [-0.4, -0.2) is 25.0 Å². The van der Waals surface area contributed by atoms with E-state index in [1.54, 1.807) is 0 Å². The van der Waals surface area contributed by atoms with Crippen LogP contribution >= 0.6 is 0 Å². The van der Waals surface area contributed by atoms with E-state index in [0.29, 0.717) is 5.92 Å². The van der Waals surface area contributed by atoms with Crippen LogP contribution in [0.5, 0.6) is 0 Å². The summed E-state index contributed by atoms with van der Waals surface area (Å²) >= 11 is 0. The van der Waals surface area contributed by atoms with Crippen molar-refractivity contribution in [2.75, 3.05) is 20.1 Å². The molecule has 1 aliphatic rings. The zero-order valence-electron chi connectivity index (χ0n) is 11.1. The molecule has 1 atom stereocenters. The van der Waals surface area contributed by atoms with Crippen LogP contribution in [0.15, 0.2) is 0 Å². The van der Waals surface area contributed by atoms with Crippen LogP contribution in [0, 0.1) is 29.1 Å². The standard InChI is InChI=1S/C14H26N2/c1-12(2)14(10-15)11-16(3)9-8-13-6-4-5-7-13/h12-14H,4-9,11H2,1-3H3. The first-order valence-corrected chi connectivity index (χ1v) is 6.71. The van der Waals surface area contributed by atoms with Gasteiger partial charge in [0.05, 0.1) is 12.0 Å². The lowest BCUT2D eigenvalue weighted by Gasteiger charge is -2.23. The van der Waals surface area contributed by atoms with Crippen LogP contribution in [0.25, 0.3) is 0 Å². The zero-order chi connectivity index (χ0) is 12.0. The third-order valence-electron chi connectivity index (χ3n) is 3.87. The fraction of sp³-hybridized carbons (Fsp3) is 0.929. The molecule has 1 saturated carbocycles. The number of nitriles is 1. The largest absolute Gasteiger partial charge is 0.305 e. The third kappa shape index (κ3) is 4.53. The first-order chi connectivity index (χ1) is 7.63. The van der Waals surface area contributed by atoms with Crippen molar-refractivity contribution in [1.29, 1.82) is 5.26 Å². The number of hydrogen-bond acceptors (Lipinski definition) is 2. The van der Waals surface area contributed by atoms with Crippen molar-refractivity contribution in [2.24, 2.45) is 17.8 Å². The zero-order valence-corrected chi connectivity index (χ0v) is 11.1. The van der Waals surface area contributed by atoms with Gasteiger partial charge in [0.15, 0.2) is 0 Å². The second-order valence-corrected chi connectivity index (χ2v) is 5.68. The van der Waals surface area contributed by atoms with Crippen molar-refractivity contribution in [3.05, 3.63) is 0 Å². The molecule has 2 heteroatoms. The Kier molecular flexibility index (Phi) is 5.84. The summed E-state index contributed by atoms with van der Waals surface area (Å²) in [6.07, 6.45) is 7.05. The summed E-state index contributed by atoms with van der Waals surface area (Å²) in [6, 6.07) is 2.42. The Labute approximate surface area is 101 Å². The van der Waals surface area contributed by atoms with Crippen molar-refractivity contribution in [2.45, 2.75) is 46.0 Å². The van der Waals surface area contributed by atoms with Gasteiger partial charge in [0.1, 0.15) is 0 Å². The van der Waals surface area contributed by atoms with E-state index in [1.165, 1.54) is 32.1 Å². The smallest absolute Gasteiger partial charge is 0.0671 e. The highest BCUT2D eigenvalue weighted by Gasteiger charge is 2.18. The second-order valence-electron chi connectivity index (χ2n) is 5.68. The summed E-state index contributed by atoms with van der Waals surface area (Å²) in [7, 11) is 2.15. The Hall–Kier alpha value is -0.550. The molecule has 1 aliphatic carbocycles. The van der Waals surface area contributed by atoms with Gasteiger partial charge in [0, 0.05) is 6.54 Å². The minimum absolute atomic E-state index is 0.188. The monoisotopic (exact) mass is 222 g/mol. The van der Waals surface area contributed by atoms with E-state index in [2.05, 4.69) is 31.9 Å². The third-order valence-corrected chi connectivity index (χ3v) is 3.87. The SMILES string of the molecule is CC(C)C(C#N)CN(C)CCC1CCCC1. The average Bonchev–Trinajstić information content (AvgIpc) is 2.75. The van der Waals surface area contributed by atoms with Crippen LogP contribution in [0.1, 0.15) is 46.0 Å². The van der Waals surface area contributed by atoms with Gasteiger partial charge in [0.25, 0.3) is 0 Å². The predicted octanol–water partition coefficient (Wildman–Crippen LogP) is 3.29. The first kappa shape index (κ1) is 13.5. The normalized spacial score (nSPS) is 19.2. The summed E-state index contributed by atoms with van der Waals surface area (Å²) in [6.45, 7) is 6.37. The van der Waals surface area contributed by atoms with E-state index in [9.17, 15) is 0 Å². The van der Waals surface area contributed by atoms with Gasteiger partial charge in [-0.1, -0.05) is 39.5 Å². The maximum Gasteiger partial charge on any atom is 0.0671 e. The van der Waals surface area contributed by atoms with Gasteiger partial charge in [-0.05, 0) is 31.8 Å². The molecule has 0 aromatic heterocycles. The summed E-state index contributed by atoms with van der Waals surface area (Å²) < 4.78 is 0. The minimum Gasteiger partial charge on any atom is -0.305 e. The molecule has 0 saturated heterocycles. The van der Waals surface area contributed by atoms with Gasteiger partial charge in [0.2, 0.25) is 0 Å². The van der Waals surface area contributed by atoms with Gasteiger partial charge in [-0.15, -0.1) is 0 Å². The van der Waals surface area contributed by atoms with Gasteiger partial charge in [-0.2, -0.15) is 5.26 Å². The molecular formula is C14H26N2. The Morgan fingerprint density at radius 3 is 2.44 bits per heavy atom. The Balaban J connectivity index is 2.19. The quantitative estimate of drug-likeness (QED) is 0.689. The lowest BCUT2D eigenvalue weighted by Crippen LogP contribution is -2.29. The molecule has 1 rings (SSSR count). The van der Waals surface area contributed by atoms with Crippen molar-refractivity contribution >= 4 is 0 Å². The molecule has 16 heavy (non-hydrogen) atoms. The molecule has 0 aromatic rings. The molecule has 92 valence electrons. The molecular weight excluding hydrogens is 196 g/mol. The molecule has 0 aromatic carbocycles. The summed E-state index contributed by atoms with van der Waals surface area (Å²) in [5.41, 5.74) is 0. The van der Waals surface area contributed by atoms with E-state index in [1.807, 2.05) is 0 Å². The summed E-state index contributed by atoms with van der Waals surface area (Å²) in [5, 5.41) is 9.05. The van der Waals surface area contributed by atoms with Crippen LogP contribution in [0.3, 0.4) is 0 Å². The van der Waals surface area contributed by atoms with Crippen LogP contribution in [0.4, 0.5) is 0 Å². The highest BCUT2D eigenvalue weighted by atomic mass is 15.1. The Morgan fingerprint density at radius 1 is 1.31 bits per heavy atom. The maximum absolute atomic E-state index is 9.05. The number of hydrogen-bond donors (Lipinski definition) is 0. The average molecular weight is 222 g/mol. The summed E-state index contributed by atoms with van der Waals surface area (Å²) in [5.74, 6) is 1.62. The Bertz CT molecular complexity index is 223. The maximum atomic E-state index is 9.05. The van der Waals surface area contributed by atoms with Gasteiger partial charge in [-0.3, -0.25) is 0 Å².